The molecule has 0 aliphatic rings. The Morgan fingerprint density at radius 1 is 1.20 bits per heavy atom. The van der Waals surface area contributed by atoms with Crippen LogP contribution in [0.3, 0.4) is 0 Å². The van der Waals surface area contributed by atoms with Crippen molar-refractivity contribution in [3.05, 3.63) is 64.4 Å². The van der Waals surface area contributed by atoms with Gasteiger partial charge in [0.15, 0.2) is 0 Å². The standard InChI is InChI=1S/C18H15Cl2N3OS/c1-11(13-7-6-12(19)8-15(13)20)23-17(24)9-25-18-14-4-2-3-5-16(14)21-10-22-18/h2-8,10-11H,9H2,1H3,(H,23,24)/t11-/m0/s1. The number of rotatable bonds is 5. The van der Waals surface area contributed by atoms with Gasteiger partial charge in [-0.1, -0.05) is 59.2 Å². The third-order valence-electron chi connectivity index (χ3n) is 3.65. The van der Waals surface area contributed by atoms with Crippen LogP contribution in [0.4, 0.5) is 0 Å². The SMILES string of the molecule is C[C@H](NC(=O)CSc1ncnc2ccccc12)c1ccc(Cl)cc1Cl. The number of hydrogen-bond acceptors (Lipinski definition) is 4. The van der Waals surface area contributed by atoms with Gasteiger partial charge in [-0.3, -0.25) is 4.79 Å². The second-order valence-corrected chi connectivity index (χ2v) is 7.25. The Morgan fingerprint density at radius 3 is 2.80 bits per heavy atom. The zero-order chi connectivity index (χ0) is 17.8. The molecule has 0 fully saturated rings. The van der Waals surface area contributed by atoms with E-state index in [1.54, 1.807) is 12.1 Å². The molecule has 1 atom stereocenters. The van der Waals surface area contributed by atoms with Crippen LogP contribution in [0.1, 0.15) is 18.5 Å². The lowest BCUT2D eigenvalue weighted by Crippen LogP contribution is -2.28. The summed E-state index contributed by atoms with van der Waals surface area (Å²) in [5, 5.41) is 5.78. The molecule has 3 rings (SSSR count). The van der Waals surface area contributed by atoms with Crippen molar-refractivity contribution in [2.24, 2.45) is 0 Å². The molecule has 0 saturated carbocycles. The van der Waals surface area contributed by atoms with Gasteiger partial charge in [-0.25, -0.2) is 9.97 Å². The van der Waals surface area contributed by atoms with E-state index in [4.69, 9.17) is 23.2 Å². The molecule has 0 bridgehead atoms. The Kier molecular flexibility index (Phi) is 5.78. The topological polar surface area (TPSA) is 54.9 Å². The molecule has 1 N–H and O–H groups in total. The van der Waals surface area contributed by atoms with E-state index in [0.29, 0.717) is 10.0 Å². The van der Waals surface area contributed by atoms with E-state index in [9.17, 15) is 4.79 Å². The Labute approximate surface area is 160 Å². The zero-order valence-electron chi connectivity index (χ0n) is 13.4. The number of amides is 1. The molecule has 7 heteroatoms. The summed E-state index contributed by atoms with van der Waals surface area (Å²) in [7, 11) is 0. The summed E-state index contributed by atoms with van der Waals surface area (Å²) in [6.45, 7) is 1.89. The van der Waals surface area contributed by atoms with E-state index in [1.807, 2.05) is 37.3 Å². The fourth-order valence-electron chi connectivity index (χ4n) is 2.44. The minimum Gasteiger partial charge on any atom is -0.349 e. The quantitative estimate of drug-likeness (QED) is 0.495. The van der Waals surface area contributed by atoms with Crippen molar-refractivity contribution < 1.29 is 4.79 Å². The first kappa shape index (κ1) is 18.0. The maximum absolute atomic E-state index is 12.3. The van der Waals surface area contributed by atoms with Gasteiger partial charge in [0.2, 0.25) is 5.91 Å². The van der Waals surface area contributed by atoms with Crippen LogP contribution in [0, 0.1) is 0 Å². The van der Waals surface area contributed by atoms with Crippen molar-refractivity contribution in [2.45, 2.75) is 18.0 Å². The molecule has 4 nitrogen and oxygen atoms in total. The molecule has 0 radical (unpaired) electrons. The summed E-state index contributed by atoms with van der Waals surface area (Å²) in [6.07, 6.45) is 1.51. The van der Waals surface area contributed by atoms with E-state index >= 15 is 0 Å². The molecule has 0 aliphatic heterocycles. The van der Waals surface area contributed by atoms with Crippen LogP contribution in [-0.4, -0.2) is 21.6 Å². The summed E-state index contributed by atoms with van der Waals surface area (Å²) >= 11 is 13.5. The molecular formula is C18H15Cl2N3OS. The Balaban J connectivity index is 1.64. The Morgan fingerprint density at radius 2 is 2.00 bits per heavy atom. The molecule has 0 saturated heterocycles. The highest BCUT2D eigenvalue weighted by atomic mass is 35.5. The molecular weight excluding hydrogens is 377 g/mol. The lowest BCUT2D eigenvalue weighted by molar-refractivity contribution is -0.119. The summed E-state index contributed by atoms with van der Waals surface area (Å²) in [5.74, 6) is 0.169. The van der Waals surface area contributed by atoms with Crippen LogP contribution in [-0.2, 0) is 4.79 Å². The minimum atomic E-state index is -0.208. The summed E-state index contributed by atoms with van der Waals surface area (Å²) in [6, 6.07) is 12.8. The van der Waals surface area contributed by atoms with Gasteiger partial charge < -0.3 is 5.32 Å². The number of nitrogens with one attached hydrogen (secondary N) is 1. The van der Waals surface area contributed by atoms with Gasteiger partial charge >= 0.3 is 0 Å². The molecule has 1 aromatic heterocycles. The third kappa shape index (κ3) is 4.42. The number of halogens is 2. The highest BCUT2D eigenvalue weighted by Crippen LogP contribution is 2.27. The van der Waals surface area contributed by atoms with Gasteiger partial charge in [-0.2, -0.15) is 0 Å². The van der Waals surface area contributed by atoms with Crippen LogP contribution in [0.5, 0.6) is 0 Å². The molecule has 0 aliphatic carbocycles. The smallest absolute Gasteiger partial charge is 0.230 e. The monoisotopic (exact) mass is 391 g/mol. The highest BCUT2D eigenvalue weighted by Gasteiger charge is 2.14. The first-order chi connectivity index (χ1) is 12.0. The van der Waals surface area contributed by atoms with Gasteiger partial charge in [0.25, 0.3) is 0 Å². The summed E-state index contributed by atoms with van der Waals surface area (Å²) in [5.41, 5.74) is 1.69. The molecule has 3 aromatic rings. The summed E-state index contributed by atoms with van der Waals surface area (Å²) < 4.78 is 0. The number of benzene rings is 2. The van der Waals surface area contributed by atoms with Crippen molar-refractivity contribution in [3.8, 4) is 0 Å². The second kappa shape index (κ2) is 8.04. The van der Waals surface area contributed by atoms with Crippen molar-refractivity contribution in [1.29, 1.82) is 0 Å². The van der Waals surface area contributed by atoms with Crippen LogP contribution >= 0.6 is 35.0 Å². The predicted molar refractivity (Wildman–Crippen MR) is 103 cm³/mol. The molecule has 2 aromatic carbocycles. The normalized spacial score (nSPS) is 12.1. The van der Waals surface area contributed by atoms with Crippen molar-refractivity contribution >= 4 is 51.8 Å². The van der Waals surface area contributed by atoms with Gasteiger partial charge in [0.1, 0.15) is 11.4 Å². The highest BCUT2D eigenvalue weighted by molar-refractivity contribution is 8.00. The van der Waals surface area contributed by atoms with Crippen molar-refractivity contribution in [2.75, 3.05) is 5.75 Å². The lowest BCUT2D eigenvalue weighted by Gasteiger charge is -2.16. The fraction of sp³-hybridized carbons (Fsp3) is 0.167. The fourth-order valence-corrected chi connectivity index (χ4v) is 3.82. The molecule has 25 heavy (non-hydrogen) atoms. The van der Waals surface area contributed by atoms with Crippen LogP contribution in [0.2, 0.25) is 10.0 Å². The van der Waals surface area contributed by atoms with Crippen molar-refractivity contribution in [1.82, 2.24) is 15.3 Å². The van der Waals surface area contributed by atoms with Crippen LogP contribution in [0.25, 0.3) is 10.9 Å². The summed E-state index contributed by atoms with van der Waals surface area (Å²) in [4.78, 5) is 20.8. The number of hydrogen-bond donors (Lipinski definition) is 1. The van der Waals surface area contributed by atoms with E-state index in [-0.39, 0.29) is 17.7 Å². The van der Waals surface area contributed by atoms with Gasteiger partial charge in [0.05, 0.1) is 17.3 Å². The average molecular weight is 392 g/mol. The second-order valence-electron chi connectivity index (χ2n) is 5.44. The molecule has 0 unspecified atom stereocenters. The van der Waals surface area contributed by atoms with E-state index in [1.165, 1.54) is 18.1 Å². The number of para-hydroxylation sites is 1. The largest absolute Gasteiger partial charge is 0.349 e. The third-order valence-corrected chi connectivity index (χ3v) is 5.22. The average Bonchev–Trinajstić information content (AvgIpc) is 2.59. The van der Waals surface area contributed by atoms with Gasteiger partial charge in [-0.05, 0) is 30.7 Å². The lowest BCUT2D eigenvalue weighted by atomic mass is 10.1. The number of carbonyl (C=O) groups excluding carboxylic acids is 1. The number of fused-ring (bicyclic) bond motifs is 1. The Bertz CT molecular complexity index is 914. The maximum atomic E-state index is 12.3. The van der Waals surface area contributed by atoms with Crippen molar-refractivity contribution in [3.63, 3.8) is 0 Å². The number of thioether (sulfide) groups is 1. The van der Waals surface area contributed by atoms with E-state index in [2.05, 4.69) is 15.3 Å². The van der Waals surface area contributed by atoms with E-state index < -0.39 is 0 Å². The number of nitrogens with zero attached hydrogens (tertiary/aromatic N) is 2. The zero-order valence-corrected chi connectivity index (χ0v) is 15.7. The molecule has 128 valence electrons. The first-order valence-electron chi connectivity index (χ1n) is 7.61. The maximum Gasteiger partial charge on any atom is 0.230 e. The minimum absolute atomic E-state index is 0.0915. The molecule has 1 amide bonds. The predicted octanol–water partition coefficient (Wildman–Crippen LogP) is 4.91. The van der Waals surface area contributed by atoms with E-state index in [0.717, 1.165) is 21.5 Å². The number of aromatic nitrogens is 2. The van der Waals surface area contributed by atoms with Gasteiger partial charge in [-0.15, -0.1) is 0 Å². The van der Waals surface area contributed by atoms with Crippen LogP contribution in [0.15, 0.2) is 53.8 Å². The molecule has 0 spiro atoms. The first-order valence-corrected chi connectivity index (χ1v) is 9.35. The Hall–Kier alpha value is -1.82. The van der Waals surface area contributed by atoms with Gasteiger partial charge in [0, 0.05) is 15.4 Å². The number of carbonyl (C=O) groups is 1. The molecule has 1 heterocycles. The van der Waals surface area contributed by atoms with Crippen LogP contribution < -0.4 is 5.32 Å².